The predicted octanol–water partition coefficient (Wildman–Crippen LogP) is 1.10. The van der Waals surface area contributed by atoms with Gasteiger partial charge in [0.05, 0.1) is 0 Å². The van der Waals surface area contributed by atoms with Crippen molar-refractivity contribution in [1.82, 2.24) is 10.2 Å². The summed E-state index contributed by atoms with van der Waals surface area (Å²) in [5.41, 5.74) is -1.83. The van der Waals surface area contributed by atoms with E-state index in [1.165, 1.54) is 6.92 Å². The lowest BCUT2D eigenvalue weighted by atomic mass is 10.3. The predicted molar refractivity (Wildman–Crippen MR) is 34.6 cm³/mol. The van der Waals surface area contributed by atoms with Crippen LogP contribution in [0.25, 0.3) is 0 Å². The molecule has 0 aliphatic heterocycles. The number of H-pyrrole nitrogens is 1. The number of aryl methyl sites for hydroxylation is 1. The maximum Gasteiger partial charge on any atom is 0.432 e. The molecule has 1 N–H and O–H groups in total. The lowest BCUT2D eigenvalue weighted by molar-refractivity contribution is -0.141. The number of aromatic amines is 1. The zero-order chi connectivity index (χ0) is 9.35. The van der Waals surface area contributed by atoms with Crippen molar-refractivity contribution in [3.05, 3.63) is 27.7 Å². The van der Waals surface area contributed by atoms with Gasteiger partial charge in [0.15, 0.2) is 0 Å². The van der Waals surface area contributed by atoms with Crippen LogP contribution in [0.1, 0.15) is 11.4 Å². The molecule has 3 nitrogen and oxygen atoms in total. The Morgan fingerprint density at radius 1 is 1.50 bits per heavy atom. The fraction of sp³-hybridized carbons (Fsp3) is 0.333. The molecule has 0 bridgehead atoms. The maximum atomic E-state index is 11.9. The highest BCUT2D eigenvalue weighted by molar-refractivity contribution is 5.08. The lowest BCUT2D eigenvalue weighted by Crippen LogP contribution is -2.16. The van der Waals surface area contributed by atoms with Gasteiger partial charge in [-0.2, -0.15) is 18.3 Å². The third-order valence-electron chi connectivity index (χ3n) is 1.28. The summed E-state index contributed by atoms with van der Waals surface area (Å²) in [6, 6.07) is 0.488. The molecule has 0 radical (unpaired) electrons. The molecule has 0 atom stereocenters. The summed E-state index contributed by atoms with van der Waals surface area (Å²) in [4.78, 5) is 10.7. The van der Waals surface area contributed by atoms with E-state index >= 15 is 0 Å². The number of rotatable bonds is 0. The summed E-state index contributed by atoms with van der Waals surface area (Å²) in [5.74, 6) is 0. The molecule has 12 heavy (non-hydrogen) atoms. The van der Waals surface area contributed by atoms with Crippen molar-refractivity contribution in [2.24, 2.45) is 0 Å². The second kappa shape index (κ2) is 2.62. The fourth-order valence-corrected chi connectivity index (χ4v) is 0.612. The topological polar surface area (TPSA) is 45.8 Å². The molecule has 0 fully saturated rings. The summed E-state index contributed by atoms with van der Waals surface area (Å²) in [6.07, 6.45) is -4.54. The van der Waals surface area contributed by atoms with Crippen LogP contribution in [0.5, 0.6) is 0 Å². The average molecular weight is 178 g/mol. The number of halogens is 3. The van der Waals surface area contributed by atoms with Crippen LogP contribution in [0.15, 0.2) is 10.9 Å². The number of nitrogens with one attached hydrogen (secondary N) is 1. The maximum absolute atomic E-state index is 11.9. The van der Waals surface area contributed by atoms with E-state index in [-0.39, 0.29) is 5.69 Å². The van der Waals surface area contributed by atoms with Crippen LogP contribution in [0, 0.1) is 6.92 Å². The molecule has 0 unspecified atom stereocenters. The van der Waals surface area contributed by atoms with E-state index in [0.29, 0.717) is 6.07 Å². The van der Waals surface area contributed by atoms with Crippen molar-refractivity contribution < 1.29 is 13.2 Å². The first kappa shape index (κ1) is 8.76. The molecule has 0 amide bonds. The highest BCUT2D eigenvalue weighted by Crippen LogP contribution is 2.25. The van der Waals surface area contributed by atoms with Gasteiger partial charge in [0.1, 0.15) is 11.4 Å². The van der Waals surface area contributed by atoms with E-state index in [2.05, 4.69) is 5.10 Å². The third-order valence-corrected chi connectivity index (χ3v) is 1.28. The fourth-order valence-electron chi connectivity index (χ4n) is 0.612. The Bertz CT molecular complexity index is 341. The number of nitrogens with zero attached hydrogens (tertiary/aromatic N) is 1. The molecule has 1 rings (SSSR count). The molecule has 0 saturated heterocycles. The number of alkyl halides is 3. The Balaban J connectivity index is 3.23. The van der Waals surface area contributed by atoms with Crippen LogP contribution in [0.4, 0.5) is 13.2 Å². The van der Waals surface area contributed by atoms with Gasteiger partial charge in [-0.15, -0.1) is 0 Å². The molecule has 0 aliphatic rings. The minimum atomic E-state index is -4.54. The largest absolute Gasteiger partial charge is 0.432 e. The van der Waals surface area contributed by atoms with Gasteiger partial charge in [-0.05, 0) is 6.92 Å². The molecule has 0 saturated carbocycles. The van der Waals surface area contributed by atoms with Gasteiger partial charge >= 0.3 is 6.18 Å². The van der Waals surface area contributed by atoms with Gasteiger partial charge < -0.3 is 0 Å². The molecule has 0 aliphatic carbocycles. The van der Waals surface area contributed by atoms with Crippen LogP contribution >= 0.6 is 0 Å². The van der Waals surface area contributed by atoms with E-state index < -0.39 is 17.3 Å². The van der Waals surface area contributed by atoms with Crippen LogP contribution < -0.4 is 5.43 Å². The smallest absolute Gasteiger partial charge is 0.288 e. The van der Waals surface area contributed by atoms with Crippen LogP contribution in [0.2, 0.25) is 0 Å². The molecule has 0 spiro atoms. The van der Waals surface area contributed by atoms with Gasteiger partial charge in [-0.3, -0.25) is 9.89 Å². The Morgan fingerprint density at radius 3 is 2.50 bits per heavy atom. The van der Waals surface area contributed by atoms with Crippen LogP contribution in [0.3, 0.4) is 0 Å². The highest BCUT2D eigenvalue weighted by Gasteiger charge is 2.32. The van der Waals surface area contributed by atoms with Crippen molar-refractivity contribution in [2.45, 2.75) is 13.1 Å². The molecule has 1 heterocycles. The summed E-state index contributed by atoms with van der Waals surface area (Å²) in [6.45, 7) is 1.33. The number of aromatic nitrogens is 2. The average Bonchev–Trinajstić information content (AvgIpc) is 1.92. The molecule has 66 valence electrons. The first-order valence-electron chi connectivity index (χ1n) is 3.05. The number of hydrogen-bond donors (Lipinski definition) is 1. The first-order valence-corrected chi connectivity index (χ1v) is 3.05. The van der Waals surface area contributed by atoms with Crippen LogP contribution in [-0.2, 0) is 6.18 Å². The van der Waals surface area contributed by atoms with Crippen molar-refractivity contribution in [3.63, 3.8) is 0 Å². The van der Waals surface area contributed by atoms with Crippen molar-refractivity contribution in [1.29, 1.82) is 0 Å². The van der Waals surface area contributed by atoms with E-state index in [4.69, 9.17) is 0 Å². The van der Waals surface area contributed by atoms with E-state index in [1.807, 2.05) is 0 Å². The van der Waals surface area contributed by atoms with Crippen LogP contribution in [-0.4, -0.2) is 10.2 Å². The molecule has 6 heteroatoms. The second-order valence-electron chi connectivity index (χ2n) is 2.23. The SMILES string of the molecule is Cc1n[nH]c(C(F)(F)F)cc1=O. The number of hydrogen-bond acceptors (Lipinski definition) is 2. The van der Waals surface area contributed by atoms with Crippen molar-refractivity contribution in [2.75, 3.05) is 0 Å². The zero-order valence-corrected chi connectivity index (χ0v) is 6.07. The molecule has 0 aromatic carbocycles. The lowest BCUT2D eigenvalue weighted by Gasteiger charge is -2.04. The van der Waals surface area contributed by atoms with Gasteiger partial charge in [-0.25, -0.2) is 0 Å². The monoisotopic (exact) mass is 178 g/mol. The van der Waals surface area contributed by atoms with Crippen molar-refractivity contribution >= 4 is 0 Å². The standard InChI is InChI=1S/C6H5F3N2O/c1-3-4(12)2-5(11-10-3)6(7,8)9/h2H,1H3,(H,11,12). The van der Waals surface area contributed by atoms with E-state index in [1.54, 1.807) is 5.10 Å². The molecular formula is C6H5F3N2O. The molecule has 1 aromatic heterocycles. The first-order chi connectivity index (χ1) is 5.41. The Kier molecular flexibility index (Phi) is 1.91. The normalized spacial score (nSPS) is 11.7. The van der Waals surface area contributed by atoms with Gasteiger partial charge in [0, 0.05) is 6.07 Å². The summed E-state index contributed by atoms with van der Waals surface area (Å²) >= 11 is 0. The van der Waals surface area contributed by atoms with Gasteiger partial charge in [0.2, 0.25) is 5.43 Å². The Morgan fingerprint density at radius 2 is 2.08 bits per heavy atom. The summed E-state index contributed by atoms with van der Waals surface area (Å²) in [5, 5.41) is 4.93. The zero-order valence-electron chi connectivity index (χ0n) is 6.07. The Labute approximate surface area is 65.2 Å². The van der Waals surface area contributed by atoms with E-state index in [9.17, 15) is 18.0 Å². The third kappa shape index (κ3) is 1.63. The highest BCUT2D eigenvalue weighted by atomic mass is 19.4. The van der Waals surface area contributed by atoms with Gasteiger partial charge in [0.25, 0.3) is 0 Å². The summed E-state index contributed by atoms with van der Waals surface area (Å²) < 4.78 is 35.7. The Hall–Kier alpha value is -1.33. The minimum absolute atomic E-state index is 0.0167. The van der Waals surface area contributed by atoms with E-state index in [0.717, 1.165) is 0 Å². The minimum Gasteiger partial charge on any atom is -0.288 e. The molecule has 1 aromatic rings. The van der Waals surface area contributed by atoms with Crippen molar-refractivity contribution in [3.8, 4) is 0 Å². The second-order valence-corrected chi connectivity index (χ2v) is 2.23. The molecular weight excluding hydrogens is 173 g/mol. The quantitative estimate of drug-likeness (QED) is 0.646. The summed E-state index contributed by atoms with van der Waals surface area (Å²) in [7, 11) is 0. The van der Waals surface area contributed by atoms with Gasteiger partial charge in [-0.1, -0.05) is 0 Å².